The molecule has 1 aromatic rings. The molecule has 1 N–H and O–H groups in total. The number of aromatic nitrogens is 2. The zero-order valence-electron chi connectivity index (χ0n) is 10.1. The highest BCUT2D eigenvalue weighted by Crippen LogP contribution is 2.15. The molecule has 1 saturated heterocycles. The number of hydrogen-bond acceptors (Lipinski definition) is 4. The minimum Gasteiger partial charge on any atom is -0.359 e. The Balaban J connectivity index is 1.94. The van der Waals surface area contributed by atoms with Gasteiger partial charge in [-0.05, 0) is 44.8 Å². The van der Waals surface area contributed by atoms with Gasteiger partial charge in [-0.2, -0.15) is 0 Å². The highest BCUT2D eigenvalue weighted by Gasteiger charge is 2.15. The zero-order valence-corrected chi connectivity index (χ0v) is 10.1. The van der Waals surface area contributed by atoms with Gasteiger partial charge in [0, 0.05) is 19.8 Å². The molecule has 1 fully saturated rings. The average molecular weight is 220 g/mol. The van der Waals surface area contributed by atoms with Gasteiger partial charge in [0.1, 0.15) is 11.6 Å². The van der Waals surface area contributed by atoms with E-state index in [-0.39, 0.29) is 0 Å². The molecule has 2 rings (SSSR count). The quantitative estimate of drug-likeness (QED) is 0.831. The van der Waals surface area contributed by atoms with E-state index < -0.39 is 0 Å². The monoisotopic (exact) mass is 220 g/mol. The van der Waals surface area contributed by atoms with Gasteiger partial charge in [0.05, 0.1) is 0 Å². The van der Waals surface area contributed by atoms with E-state index in [9.17, 15) is 0 Å². The van der Waals surface area contributed by atoms with Crippen molar-refractivity contribution >= 4 is 5.82 Å². The number of nitrogens with zero attached hydrogens (tertiary/aromatic N) is 3. The summed E-state index contributed by atoms with van der Waals surface area (Å²) in [6.07, 6.45) is 4.44. The Bertz CT molecular complexity index is 334. The largest absolute Gasteiger partial charge is 0.359 e. The van der Waals surface area contributed by atoms with Gasteiger partial charge in [-0.25, -0.2) is 9.97 Å². The van der Waals surface area contributed by atoms with E-state index in [0.29, 0.717) is 0 Å². The fourth-order valence-electron chi connectivity index (χ4n) is 2.22. The van der Waals surface area contributed by atoms with E-state index in [1.165, 1.54) is 19.4 Å². The van der Waals surface area contributed by atoms with E-state index in [0.717, 1.165) is 30.6 Å². The van der Waals surface area contributed by atoms with E-state index in [1.54, 1.807) is 0 Å². The maximum Gasteiger partial charge on any atom is 0.131 e. The molecule has 0 bridgehead atoms. The SMILES string of the molecule is Cc1nccc(N(C)CC2CCCNC2)n1. The minimum atomic E-state index is 0.744. The van der Waals surface area contributed by atoms with Crippen LogP contribution in [0, 0.1) is 12.8 Å². The van der Waals surface area contributed by atoms with E-state index in [2.05, 4.69) is 27.2 Å². The summed E-state index contributed by atoms with van der Waals surface area (Å²) in [5.74, 6) is 2.61. The lowest BCUT2D eigenvalue weighted by atomic mass is 9.99. The summed E-state index contributed by atoms with van der Waals surface area (Å²) in [5, 5.41) is 3.44. The first-order valence-electron chi connectivity index (χ1n) is 5.97. The van der Waals surface area contributed by atoms with Crippen LogP contribution in [0.5, 0.6) is 0 Å². The van der Waals surface area contributed by atoms with Crippen LogP contribution in [0.15, 0.2) is 12.3 Å². The average Bonchev–Trinajstić information content (AvgIpc) is 2.30. The Labute approximate surface area is 97.1 Å². The third-order valence-electron chi connectivity index (χ3n) is 3.08. The number of aryl methyl sites for hydroxylation is 1. The molecule has 4 nitrogen and oxygen atoms in total. The van der Waals surface area contributed by atoms with Crippen molar-refractivity contribution in [2.75, 3.05) is 31.6 Å². The van der Waals surface area contributed by atoms with E-state index in [4.69, 9.17) is 0 Å². The molecule has 16 heavy (non-hydrogen) atoms. The lowest BCUT2D eigenvalue weighted by molar-refractivity contribution is 0.380. The van der Waals surface area contributed by atoms with Gasteiger partial charge in [0.25, 0.3) is 0 Å². The lowest BCUT2D eigenvalue weighted by Gasteiger charge is -2.28. The summed E-state index contributed by atoms with van der Waals surface area (Å²) in [6.45, 7) is 5.31. The lowest BCUT2D eigenvalue weighted by Crippen LogP contribution is -2.37. The van der Waals surface area contributed by atoms with Gasteiger partial charge in [-0.15, -0.1) is 0 Å². The Morgan fingerprint density at radius 1 is 1.56 bits per heavy atom. The van der Waals surface area contributed by atoms with Gasteiger partial charge in [0.2, 0.25) is 0 Å². The first-order chi connectivity index (χ1) is 7.75. The summed E-state index contributed by atoms with van der Waals surface area (Å²) in [5.41, 5.74) is 0. The van der Waals surface area contributed by atoms with Crippen molar-refractivity contribution in [1.82, 2.24) is 15.3 Å². The Morgan fingerprint density at radius 2 is 2.44 bits per heavy atom. The molecule has 0 spiro atoms. The number of anilines is 1. The normalized spacial score (nSPS) is 20.8. The number of hydrogen-bond donors (Lipinski definition) is 1. The van der Waals surface area contributed by atoms with Gasteiger partial charge in [0.15, 0.2) is 0 Å². The number of piperidine rings is 1. The Hall–Kier alpha value is -1.16. The summed E-state index contributed by atoms with van der Waals surface area (Å²) in [4.78, 5) is 10.8. The van der Waals surface area contributed by atoms with Crippen molar-refractivity contribution in [2.24, 2.45) is 5.92 Å². The second-order valence-electron chi connectivity index (χ2n) is 4.55. The standard InChI is InChI=1S/C12H20N4/c1-10-14-7-5-12(15-10)16(2)9-11-4-3-6-13-8-11/h5,7,11,13H,3-4,6,8-9H2,1-2H3. The maximum atomic E-state index is 4.43. The van der Waals surface area contributed by atoms with Crippen LogP contribution in [0.4, 0.5) is 5.82 Å². The van der Waals surface area contributed by atoms with Gasteiger partial charge >= 0.3 is 0 Å². The molecule has 0 amide bonds. The van der Waals surface area contributed by atoms with Crippen LogP contribution in [-0.4, -0.2) is 36.6 Å². The van der Waals surface area contributed by atoms with Crippen LogP contribution < -0.4 is 10.2 Å². The van der Waals surface area contributed by atoms with Crippen molar-refractivity contribution in [2.45, 2.75) is 19.8 Å². The fraction of sp³-hybridized carbons (Fsp3) is 0.667. The fourth-order valence-corrected chi connectivity index (χ4v) is 2.22. The first-order valence-corrected chi connectivity index (χ1v) is 5.97. The highest BCUT2D eigenvalue weighted by atomic mass is 15.2. The number of rotatable bonds is 3. The molecule has 1 aliphatic heterocycles. The molecule has 1 aliphatic rings. The van der Waals surface area contributed by atoms with Gasteiger partial charge in [-0.3, -0.25) is 0 Å². The molecule has 0 aliphatic carbocycles. The molecule has 0 saturated carbocycles. The van der Waals surface area contributed by atoms with Gasteiger partial charge < -0.3 is 10.2 Å². The van der Waals surface area contributed by atoms with E-state index in [1.807, 2.05) is 19.2 Å². The molecule has 1 atom stereocenters. The summed E-state index contributed by atoms with van der Waals surface area (Å²) < 4.78 is 0. The molecular formula is C12H20N4. The maximum absolute atomic E-state index is 4.43. The van der Waals surface area contributed by atoms with E-state index >= 15 is 0 Å². The summed E-state index contributed by atoms with van der Waals surface area (Å²) in [6, 6.07) is 1.98. The van der Waals surface area contributed by atoms with Crippen molar-refractivity contribution in [3.63, 3.8) is 0 Å². The third-order valence-corrected chi connectivity index (χ3v) is 3.08. The van der Waals surface area contributed by atoms with Crippen LogP contribution in [0.2, 0.25) is 0 Å². The van der Waals surface area contributed by atoms with Crippen molar-refractivity contribution < 1.29 is 0 Å². The predicted molar refractivity (Wildman–Crippen MR) is 65.6 cm³/mol. The molecule has 2 heterocycles. The second kappa shape index (κ2) is 5.25. The summed E-state index contributed by atoms with van der Waals surface area (Å²) in [7, 11) is 2.11. The van der Waals surface area contributed by atoms with Crippen LogP contribution in [0.1, 0.15) is 18.7 Å². The van der Waals surface area contributed by atoms with Crippen molar-refractivity contribution in [3.05, 3.63) is 18.1 Å². The predicted octanol–water partition coefficient (Wildman–Crippen LogP) is 1.22. The molecular weight excluding hydrogens is 200 g/mol. The van der Waals surface area contributed by atoms with Crippen LogP contribution in [-0.2, 0) is 0 Å². The molecule has 1 aromatic heterocycles. The molecule has 4 heteroatoms. The molecule has 88 valence electrons. The van der Waals surface area contributed by atoms with Crippen LogP contribution in [0.3, 0.4) is 0 Å². The highest BCUT2D eigenvalue weighted by molar-refractivity contribution is 5.36. The number of nitrogens with one attached hydrogen (secondary N) is 1. The smallest absolute Gasteiger partial charge is 0.131 e. The van der Waals surface area contributed by atoms with Crippen LogP contribution >= 0.6 is 0 Å². The third kappa shape index (κ3) is 2.92. The molecule has 0 radical (unpaired) electrons. The van der Waals surface area contributed by atoms with Crippen molar-refractivity contribution in [3.8, 4) is 0 Å². The van der Waals surface area contributed by atoms with Gasteiger partial charge in [-0.1, -0.05) is 0 Å². The Morgan fingerprint density at radius 3 is 3.12 bits per heavy atom. The molecule has 1 unspecified atom stereocenters. The van der Waals surface area contributed by atoms with Crippen molar-refractivity contribution in [1.29, 1.82) is 0 Å². The molecule has 0 aromatic carbocycles. The second-order valence-corrected chi connectivity index (χ2v) is 4.55. The van der Waals surface area contributed by atoms with Crippen LogP contribution in [0.25, 0.3) is 0 Å². The first kappa shape index (κ1) is 11.3. The minimum absolute atomic E-state index is 0.744. The Kier molecular flexibility index (Phi) is 3.72. The topological polar surface area (TPSA) is 41.1 Å². The summed E-state index contributed by atoms with van der Waals surface area (Å²) >= 11 is 0. The zero-order chi connectivity index (χ0) is 11.4.